The van der Waals surface area contributed by atoms with E-state index in [-0.39, 0.29) is 5.91 Å². The Morgan fingerprint density at radius 3 is 2.28 bits per heavy atom. The average Bonchev–Trinajstić information content (AvgIpc) is 2.69. The molecular weight excluding hydrogens is 244 g/mol. The van der Waals surface area contributed by atoms with Crippen molar-refractivity contribution in [1.29, 1.82) is 0 Å². The van der Waals surface area contributed by atoms with E-state index in [1.54, 1.807) is 0 Å². The lowest BCUT2D eigenvalue weighted by Gasteiger charge is -2.12. The van der Waals surface area contributed by atoms with Gasteiger partial charge in [0, 0.05) is 11.4 Å². The predicted octanol–water partition coefficient (Wildman–Crippen LogP) is 3.51. The number of hydrogen-bond acceptors (Lipinski definition) is 3. The number of rotatable bonds is 2. The van der Waals surface area contributed by atoms with Crippen LogP contribution in [0.2, 0.25) is 0 Å². The van der Waals surface area contributed by atoms with E-state index in [1.165, 1.54) is 11.3 Å². The topological polar surface area (TPSA) is 55.1 Å². The number of nitrogens with one attached hydrogen (secondary N) is 1. The fourth-order valence-electron chi connectivity index (χ4n) is 1.97. The lowest BCUT2D eigenvalue weighted by molar-refractivity contribution is 0.103. The van der Waals surface area contributed by atoms with Crippen molar-refractivity contribution >= 4 is 28.6 Å². The third-order valence-electron chi connectivity index (χ3n) is 2.86. The standard InChI is InChI=1S/C14H16N2OS/c1-8-4-5-18-13(8)14(17)16-12-9(2)6-11(15)7-10(12)3/h4-7H,15H2,1-3H3,(H,16,17). The van der Waals surface area contributed by atoms with E-state index < -0.39 is 0 Å². The molecule has 0 saturated carbocycles. The quantitative estimate of drug-likeness (QED) is 0.812. The Hall–Kier alpha value is -1.81. The van der Waals surface area contributed by atoms with E-state index in [0.717, 1.165) is 32.9 Å². The maximum Gasteiger partial charge on any atom is 0.266 e. The van der Waals surface area contributed by atoms with Gasteiger partial charge < -0.3 is 11.1 Å². The summed E-state index contributed by atoms with van der Waals surface area (Å²) in [6.45, 7) is 5.83. The summed E-state index contributed by atoms with van der Waals surface area (Å²) in [4.78, 5) is 12.9. The number of amides is 1. The normalized spacial score (nSPS) is 10.4. The first-order valence-corrected chi connectivity index (χ1v) is 6.59. The SMILES string of the molecule is Cc1ccsc1C(=O)Nc1c(C)cc(N)cc1C. The van der Waals surface area contributed by atoms with Crippen molar-refractivity contribution in [2.75, 3.05) is 11.1 Å². The highest BCUT2D eigenvalue weighted by Gasteiger charge is 2.13. The number of carbonyl (C=O) groups is 1. The minimum Gasteiger partial charge on any atom is -0.399 e. The molecule has 3 N–H and O–H groups in total. The zero-order valence-corrected chi connectivity index (χ0v) is 11.5. The summed E-state index contributed by atoms with van der Waals surface area (Å²) < 4.78 is 0. The summed E-state index contributed by atoms with van der Waals surface area (Å²) in [6.07, 6.45) is 0. The molecule has 2 rings (SSSR count). The zero-order valence-electron chi connectivity index (χ0n) is 10.7. The molecule has 0 atom stereocenters. The molecule has 3 nitrogen and oxygen atoms in total. The lowest BCUT2D eigenvalue weighted by Crippen LogP contribution is -2.13. The van der Waals surface area contributed by atoms with Crippen LogP contribution < -0.4 is 11.1 Å². The predicted molar refractivity (Wildman–Crippen MR) is 77.3 cm³/mol. The maximum absolute atomic E-state index is 12.2. The molecule has 0 aliphatic carbocycles. The number of nitrogens with two attached hydrogens (primary N) is 1. The van der Waals surface area contributed by atoms with E-state index in [2.05, 4.69) is 5.32 Å². The second kappa shape index (κ2) is 4.82. The van der Waals surface area contributed by atoms with Crippen molar-refractivity contribution in [3.05, 3.63) is 45.1 Å². The van der Waals surface area contributed by atoms with Crippen molar-refractivity contribution in [3.8, 4) is 0 Å². The Balaban J connectivity index is 2.31. The first-order valence-electron chi connectivity index (χ1n) is 5.71. The first kappa shape index (κ1) is 12.6. The summed E-state index contributed by atoms with van der Waals surface area (Å²) in [6, 6.07) is 5.68. The van der Waals surface area contributed by atoms with Gasteiger partial charge in [-0.15, -0.1) is 11.3 Å². The molecule has 4 heteroatoms. The molecule has 2 aromatic rings. The van der Waals surface area contributed by atoms with Gasteiger partial charge in [0.2, 0.25) is 0 Å². The smallest absolute Gasteiger partial charge is 0.266 e. The number of thiophene rings is 1. The van der Waals surface area contributed by atoms with Crippen LogP contribution in [0.5, 0.6) is 0 Å². The highest BCUT2D eigenvalue weighted by Crippen LogP contribution is 2.25. The molecule has 0 fully saturated rings. The van der Waals surface area contributed by atoms with Crippen LogP contribution in [-0.2, 0) is 0 Å². The number of carbonyl (C=O) groups excluding carboxylic acids is 1. The van der Waals surface area contributed by atoms with Gasteiger partial charge in [-0.1, -0.05) is 0 Å². The molecule has 18 heavy (non-hydrogen) atoms. The van der Waals surface area contributed by atoms with Gasteiger partial charge in [-0.05, 0) is 61.0 Å². The lowest BCUT2D eigenvalue weighted by atomic mass is 10.1. The fourth-order valence-corrected chi connectivity index (χ4v) is 2.79. The maximum atomic E-state index is 12.2. The summed E-state index contributed by atoms with van der Waals surface area (Å²) in [5.74, 6) is -0.0570. The van der Waals surface area contributed by atoms with Crippen molar-refractivity contribution in [2.24, 2.45) is 0 Å². The van der Waals surface area contributed by atoms with Crippen LogP contribution in [0.25, 0.3) is 0 Å². The van der Waals surface area contributed by atoms with Crippen molar-refractivity contribution in [2.45, 2.75) is 20.8 Å². The van der Waals surface area contributed by atoms with Crippen LogP contribution in [0.15, 0.2) is 23.6 Å². The van der Waals surface area contributed by atoms with Gasteiger partial charge in [-0.2, -0.15) is 0 Å². The minimum absolute atomic E-state index is 0.0570. The van der Waals surface area contributed by atoms with E-state index >= 15 is 0 Å². The Kier molecular flexibility index (Phi) is 3.39. The number of aryl methyl sites for hydroxylation is 3. The zero-order chi connectivity index (χ0) is 13.3. The summed E-state index contributed by atoms with van der Waals surface area (Å²) in [7, 11) is 0. The number of anilines is 2. The van der Waals surface area contributed by atoms with Gasteiger partial charge in [0.25, 0.3) is 5.91 Å². The Morgan fingerprint density at radius 2 is 1.78 bits per heavy atom. The molecule has 0 aliphatic rings. The highest BCUT2D eigenvalue weighted by atomic mass is 32.1. The van der Waals surface area contributed by atoms with Crippen LogP contribution in [0, 0.1) is 20.8 Å². The van der Waals surface area contributed by atoms with E-state index in [9.17, 15) is 4.79 Å². The third-order valence-corrected chi connectivity index (χ3v) is 3.88. The molecule has 0 saturated heterocycles. The Bertz CT molecular complexity index is 579. The number of benzene rings is 1. The molecule has 0 radical (unpaired) electrons. The van der Waals surface area contributed by atoms with E-state index in [4.69, 9.17) is 5.73 Å². The molecule has 0 aliphatic heterocycles. The van der Waals surface area contributed by atoms with E-state index in [1.807, 2.05) is 44.4 Å². The van der Waals surface area contributed by atoms with Gasteiger partial charge in [0.15, 0.2) is 0 Å². The largest absolute Gasteiger partial charge is 0.399 e. The summed E-state index contributed by atoms with van der Waals surface area (Å²) in [5, 5.41) is 4.89. The molecule has 1 amide bonds. The minimum atomic E-state index is -0.0570. The van der Waals surface area contributed by atoms with Crippen LogP contribution in [0.3, 0.4) is 0 Å². The summed E-state index contributed by atoms with van der Waals surface area (Å²) >= 11 is 1.46. The monoisotopic (exact) mass is 260 g/mol. The fraction of sp³-hybridized carbons (Fsp3) is 0.214. The van der Waals surface area contributed by atoms with Gasteiger partial charge in [-0.25, -0.2) is 0 Å². The Labute approximate surface area is 111 Å². The van der Waals surface area contributed by atoms with Crippen molar-refractivity contribution in [3.63, 3.8) is 0 Å². The van der Waals surface area contributed by atoms with Crippen LogP contribution >= 0.6 is 11.3 Å². The first-order chi connectivity index (χ1) is 8.49. The highest BCUT2D eigenvalue weighted by molar-refractivity contribution is 7.12. The van der Waals surface area contributed by atoms with Crippen molar-refractivity contribution < 1.29 is 4.79 Å². The summed E-state index contributed by atoms with van der Waals surface area (Å²) in [5.41, 5.74) is 10.3. The third kappa shape index (κ3) is 2.38. The van der Waals surface area contributed by atoms with Gasteiger partial charge in [-0.3, -0.25) is 4.79 Å². The molecule has 1 heterocycles. The molecule has 0 bridgehead atoms. The van der Waals surface area contributed by atoms with Crippen LogP contribution in [-0.4, -0.2) is 5.91 Å². The van der Waals surface area contributed by atoms with Gasteiger partial charge in [0.1, 0.15) is 0 Å². The average molecular weight is 260 g/mol. The van der Waals surface area contributed by atoms with E-state index in [0.29, 0.717) is 0 Å². The number of nitrogen functional groups attached to an aromatic ring is 1. The molecular formula is C14H16N2OS. The second-order valence-corrected chi connectivity index (χ2v) is 5.33. The molecule has 94 valence electrons. The van der Waals surface area contributed by atoms with Crippen LogP contribution in [0.4, 0.5) is 11.4 Å². The Morgan fingerprint density at radius 1 is 1.17 bits per heavy atom. The molecule has 0 unspecified atom stereocenters. The van der Waals surface area contributed by atoms with Crippen molar-refractivity contribution in [1.82, 2.24) is 0 Å². The molecule has 1 aromatic carbocycles. The van der Waals surface area contributed by atoms with Crippen LogP contribution in [0.1, 0.15) is 26.4 Å². The number of hydrogen-bond donors (Lipinski definition) is 2. The van der Waals surface area contributed by atoms with Gasteiger partial charge >= 0.3 is 0 Å². The molecule has 0 spiro atoms. The van der Waals surface area contributed by atoms with Gasteiger partial charge in [0.05, 0.1) is 4.88 Å². The molecule has 1 aromatic heterocycles. The second-order valence-electron chi connectivity index (χ2n) is 4.42.